The number of thioether (sulfide) groups is 1. The Morgan fingerprint density at radius 2 is 1.72 bits per heavy atom. The van der Waals surface area contributed by atoms with Crippen molar-refractivity contribution in [2.75, 3.05) is 0 Å². The molecule has 0 heterocycles. The molecule has 0 bridgehead atoms. The van der Waals surface area contributed by atoms with Crippen molar-refractivity contribution in [1.82, 2.24) is 0 Å². The first-order chi connectivity index (χ1) is 15.2. The number of ether oxygens (including phenoxy) is 1. The van der Waals surface area contributed by atoms with Crippen LogP contribution in [0.4, 0.5) is 13.2 Å². The lowest BCUT2D eigenvalue weighted by atomic mass is 10.0. The zero-order valence-electron chi connectivity index (χ0n) is 18.2. The summed E-state index contributed by atoms with van der Waals surface area (Å²) < 4.78 is 43.9. The standard InChI is InChI=1S/C26H25F3O2S/c1-4-6-25(30)31-24-14-13-23(15-17(24)2)32-18(3)20-7-5-8-21(16-20)19-9-11-22(12-10-19)26(27,28)29/h5,7-16,18H,4,6H2,1-3H3. The summed E-state index contributed by atoms with van der Waals surface area (Å²) in [6.45, 7) is 5.93. The fourth-order valence-electron chi connectivity index (χ4n) is 3.28. The number of rotatable bonds is 7. The first-order valence-corrected chi connectivity index (χ1v) is 11.3. The minimum atomic E-state index is -4.34. The van der Waals surface area contributed by atoms with Crippen LogP contribution >= 0.6 is 11.8 Å². The van der Waals surface area contributed by atoms with Crippen LogP contribution in [-0.2, 0) is 11.0 Å². The number of benzene rings is 3. The number of carbonyl (C=O) groups is 1. The van der Waals surface area contributed by atoms with E-state index in [0.29, 0.717) is 12.2 Å². The van der Waals surface area contributed by atoms with Crippen LogP contribution in [0, 0.1) is 6.92 Å². The van der Waals surface area contributed by atoms with Gasteiger partial charge in [-0.1, -0.05) is 43.3 Å². The van der Waals surface area contributed by atoms with E-state index in [1.54, 1.807) is 11.8 Å². The number of hydrogen-bond acceptors (Lipinski definition) is 3. The van der Waals surface area contributed by atoms with E-state index in [0.717, 1.165) is 45.7 Å². The second-order valence-corrected chi connectivity index (χ2v) is 9.03. The molecule has 3 aromatic rings. The third kappa shape index (κ3) is 6.16. The van der Waals surface area contributed by atoms with E-state index in [1.807, 2.05) is 56.3 Å². The van der Waals surface area contributed by atoms with E-state index in [2.05, 4.69) is 6.92 Å². The molecule has 1 atom stereocenters. The number of carbonyl (C=O) groups excluding carboxylic acids is 1. The zero-order valence-corrected chi connectivity index (χ0v) is 19.0. The van der Waals surface area contributed by atoms with Crippen LogP contribution < -0.4 is 4.74 Å². The van der Waals surface area contributed by atoms with Crippen molar-refractivity contribution in [3.05, 3.63) is 83.4 Å². The Hall–Kier alpha value is -2.73. The van der Waals surface area contributed by atoms with Crippen molar-refractivity contribution < 1.29 is 22.7 Å². The van der Waals surface area contributed by atoms with Crippen LogP contribution in [0.2, 0.25) is 0 Å². The third-order valence-corrected chi connectivity index (χ3v) is 6.19. The maximum atomic E-state index is 12.8. The zero-order chi connectivity index (χ0) is 23.3. The van der Waals surface area contributed by atoms with Gasteiger partial charge in [0.25, 0.3) is 0 Å². The fourth-order valence-corrected chi connectivity index (χ4v) is 4.36. The normalized spacial score (nSPS) is 12.4. The molecule has 0 saturated heterocycles. The number of halogens is 3. The van der Waals surface area contributed by atoms with Crippen molar-refractivity contribution >= 4 is 17.7 Å². The maximum Gasteiger partial charge on any atom is 0.416 e. The molecule has 0 fully saturated rings. The molecule has 32 heavy (non-hydrogen) atoms. The molecular formula is C26H25F3O2S. The molecule has 0 aromatic heterocycles. The highest BCUT2D eigenvalue weighted by atomic mass is 32.2. The van der Waals surface area contributed by atoms with Crippen LogP contribution in [0.25, 0.3) is 11.1 Å². The van der Waals surface area contributed by atoms with Gasteiger partial charge in [-0.05, 0) is 72.9 Å². The molecule has 0 aliphatic rings. The van der Waals surface area contributed by atoms with Crippen molar-refractivity contribution in [2.45, 2.75) is 49.9 Å². The summed E-state index contributed by atoms with van der Waals surface area (Å²) in [5.41, 5.74) is 2.93. The van der Waals surface area contributed by atoms with Gasteiger partial charge in [-0.3, -0.25) is 4.79 Å². The highest BCUT2D eigenvalue weighted by Gasteiger charge is 2.30. The number of aryl methyl sites for hydroxylation is 1. The third-order valence-electron chi connectivity index (χ3n) is 5.04. The lowest BCUT2D eigenvalue weighted by molar-refractivity contribution is -0.137. The van der Waals surface area contributed by atoms with Gasteiger partial charge in [-0.25, -0.2) is 0 Å². The van der Waals surface area contributed by atoms with Gasteiger partial charge in [0, 0.05) is 16.6 Å². The van der Waals surface area contributed by atoms with Gasteiger partial charge in [0.2, 0.25) is 0 Å². The molecule has 1 unspecified atom stereocenters. The fraction of sp³-hybridized carbons (Fsp3) is 0.269. The number of esters is 1. The average molecular weight is 459 g/mol. The summed E-state index contributed by atoms with van der Waals surface area (Å²) >= 11 is 1.67. The minimum absolute atomic E-state index is 0.122. The second-order valence-electron chi connectivity index (χ2n) is 7.61. The largest absolute Gasteiger partial charge is 0.426 e. The van der Waals surface area contributed by atoms with E-state index >= 15 is 0 Å². The molecule has 168 valence electrons. The predicted octanol–water partition coefficient (Wildman–Crippen LogP) is 8.24. The lowest BCUT2D eigenvalue weighted by Gasteiger charge is -2.15. The summed E-state index contributed by atoms with van der Waals surface area (Å²) in [5, 5.41) is 0.122. The van der Waals surface area contributed by atoms with Crippen molar-refractivity contribution in [3.63, 3.8) is 0 Å². The summed E-state index contributed by atoms with van der Waals surface area (Å²) in [6, 6.07) is 18.8. The van der Waals surface area contributed by atoms with E-state index in [4.69, 9.17) is 4.74 Å². The first kappa shape index (κ1) is 23.9. The average Bonchev–Trinajstić information content (AvgIpc) is 2.75. The molecule has 0 radical (unpaired) electrons. The summed E-state index contributed by atoms with van der Waals surface area (Å²) in [6.07, 6.45) is -3.20. The molecule has 0 aliphatic carbocycles. The minimum Gasteiger partial charge on any atom is -0.426 e. The van der Waals surface area contributed by atoms with Gasteiger partial charge in [-0.15, -0.1) is 11.8 Å². The second kappa shape index (κ2) is 10.3. The van der Waals surface area contributed by atoms with Gasteiger partial charge >= 0.3 is 12.1 Å². The first-order valence-electron chi connectivity index (χ1n) is 10.4. The van der Waals surface area contributed by atoms with Crippen molar-refractivity contribution in [2.24, 2.45) is 0 Å². The molecule has 3 rings (SSSR count). The maximum absolute atomic E-state index is 12.8. The van der Waals surface area contributed by atoms with Gasteiger partial charge in [0.15, 0.2) is 0 Å². The molecule has 0 N–H and O–H groups in total. The Morgan fingerprint density at radius 3 is 2.34 bits per heavy atom. The van der Waals surface area contributed by atoms with Crippen molar-refractivity contribution in [3.8, 4) is 16.9 Å². The Balaban J connectivity index is 1.73. The Morgan fingerprint density at radius 1 is 1.00 bits per heavy atom. The molecule has 2 nitrogen and oxygen atoms in total. The van der Waals surface area contributed by atoms with Crippen LogP contribution in [0.1, 0.15) is 48.6 Å². The van der Waals surface area contributed by atoms with Crippen LogP contribution in [-0.4, -0.2) is 5.97 Å². The molecule has 0 spiro atoms. The molecule has 0 saturated carbocycles. The number of hydrogen-bond donors (Lipinski definition) is 0. The van der Waals surface area contributed by atoms with E-state index < -0.39 is 11.7 Å². The molecular weight excluding hydrogens is 433 g/mol. The smallest absolute Gasteiger partial charge is 0.416 e. The highest BCUT2D eigenvalue weighted by Crippen LogP contribution is 2.38. The number of alkyl halides is 3. The van der Waals surface area contributed by atoms with Crippen LogP contribution in [0.5, 0.6) is 5.75 Å². The Labute approximate surface area is 190 Å². The topological polar surface area (TPSA) is 26.3 Å². The monoisotopic (exact) mass is 458 g/mol. The van der Waals surface area contributed by atoms with E-state index in [9.17, 15) is 18.0 Å². The lowest BCUT2D eigenvalue weighted by Crippen LogP contribution is -2.07. The molecule has 0 aliphatic heterocycles. The van der Waals surface area contributed by atoms with Gasteiger partial charge in [-0.2, -0.15) is 13.2 Å². The quantitative estimate of drug-likeness (QED) is 0.203. The van der Waals surface area contributed by atoms with Gasteiger partial charge in [0.1, 0.15) is 5.75 Å². The van der Waals surface area contributed by atoms with Crippen LogP contribution in [0.15, 0.2) is 71.6 Å². The van der Waals surface area contributed by atoms with Crippen LogP contribution in [0.3, 0.4) is 0 Å². The summed E-state index contributed by atoms with van der Waals surface area (Å²) in [4.78, 5) is 12.8. The van der Waals surface area contributed by atoms with Crippen molar-refractivity contribution in [1.29, 1.82) is 0 Å². The van der Waals surface area contributed by atoms with Gasteiger partial charge in [0.05, 0.1) is 5.56 Å². The summed E-state index contributed by atoms with van der Waals surface area (Å²) in [5.74, 6) is 0.342. The van der Waals surface area contributed by atoms with E-state index in [1.165, 1.54) is 12.1 Å². The highest BCUT2D eigenvalue weighted by molar-refractivity contribution is 7.99. The van der Waals surface area contributed by atoms with Gasteiger partial charge < -0.3 is 4.74 Å². The summed E-state index contributed by atoms with van der Waals surface area (Å²) in [7, 11) is 0. The predicted molar refractivity (Wildman–Crippen MR) is 123 cm³/mol. The van der Waals surface area contributed by atoms with E-state index in [-0.39, 0.29) is 11.2 Å². The molecule has 0 amide bonds. The molecule has 6 heteroatoms. The molecule has 3 aromatic carbocycles. The Bertz CT molecular complexity index is 1080. The SMILES string of the molecule is CCCC(=O)Oc1ccc(SC(C)c2cccc(-c3ccc(C(F)(F)F)cc3)c2)cc1C. The Kier molecular flexibility index (Phi) is 7.67.